The standard InChI is InChI=1S/C14H19FN2O/c1-2-16-7-8-17-14(18)13-9-12(13)10-3-5-11(15)6-4-10/h3-6,12-13,16H,2,7-9H2,1H3,(H,17,18). The second-order valence-corrected chi connectivity index (χ2v) is 4.64. The number of rotatable bonds is 6. The molecule has 18 heavy (non-hydrogen) atoms. The maximum Gasteiger partial charge on any atom is 0.223 e. The highest BCUT2D eigenvalue weighted by Gasteiger charge is 2.43. The van der Waals surface area contributed by atoms with E-state index in [-0.39, 0.29) is 23.6 Å². The van der Waals surface area contributed by atoms with Crippen LogP contribution in [0.25, 0.3) is 0 Å². The Morgan fingerprint density at radius 1 is 1.33 bits per heavy atom. The molecular weight excluding hydrogens is 231 g/mol. The Kier molecular flexibility index (Phi) is 4.31. The van der Waals surface area contributed by atoms with Crippen molar-refractivity contribution in [2.24, 2.45) is 5.92 Å². The van der Waals surface area contributed by atoms with Crippen molar-refractivity contribution in [1.29, 1.82) is 0 Å². The lowest BCUT2D eigenvalue weighted by Crippen LogP contribution is -2.32. The van der Waals surface area contributed by atoms with Gasteiger partial charge in [-0.3, -0.25) is 4.79 Å². The van der Waals surface area contributed by atoms with Crippen molar-refractivity contribution in [3.63, 3.8) is 0 Å². The van der Waals surface area contributed by atoms with E-state index in [0.29, 0.717) is 6.54 Å². The molecule has 1 saturated carbocycles. The molecule has 0 heterocycles. The highest BCUT2D eigenvalue weighted by molar-refractivity contribution is 5.82. The summed E-state index contributed by atoms with van der Waals surface area (Å²) in [4.78, 5) is 11.8. The van der Waals surface area contributed by atoms with Gasteiger partial charge in [0.1, 0.15) is 5.82 Å². The first kappa shape index (κ1) is 13.0. The Hall–Kier alpha value is -1.42. The molecular formula is C14H19FN2O. The molecule has 1 aliphatic rings. The van der Waals surface area contributed by atoms with Gasteiger partial charge < -0.3 is 10.6 Å². The van der Waals surface area contributed by atoms with Crippen LogP contribution in [-0.2, 0) is 4.79 Å². The Morgan fingerprint density at radius 2 is 2.06 bits per heavy atom. The molecule has 2 rings (SSSR count). The normalized spacial score (nSPS) is 21.7. The number of carbonyl (C=O) groups excluding carboxylic acids is 1. The Balaban J connectivity index is 1.76. The summed E-state index contributed by atoms with van der Waals surface area (Å²) >= 11 is 0. The molecule has 1 aromatic rings. The van der Waals surface area contributed by atoms with Crippen LogP contribution in [0.4, 0.5) is 4.39 Å². The van der Waals surface area contributed by atoms with Crippen LogP contribution in [-0.4, -0.2) is 25.5 Å². The summed E-state index contributed by atoms with van der Waals surface area (Å²) in [7, 11) is 0. The van der Waals surface area contributed by atoms with Crippen LogP contribution >= 0.6 is 0 Å². The summed E-state index contributed by atoms with van der Waals surface area (Å²) in [5.74, 6) is 0.218. The van der Waals surface area contributed by atoms with E-state index < -0.39 is 0 Å². The number of hydrogen-bond acceptors (Lipinski definition) is 2. The minimum absolute atomic E-state index is 0.0667. The first-order chi connectivity index (χ1) is 8.72. The van der Waals surface area contributed by atoms with Gasteiger partial charge in [-0.25, -0.2) is 4.39 Å². The number of carbonyl (C=O) groups is 1. The predicted molar refractivity (Wildman–Crippen MR) is 68.8 cm³/mol. The second-order valence-electron chi connectivity index (χ2n) is 4.64. The van der Waals surface area contributed by atoms with E-state index in [1.165, 1.54) is 12.1 Å². The van der Waals surface area contributed by atoms with Gasteiger partial charge in [0, 0.05) is 19.0 Å². The zero-order chi connectivity index (χ0) is 13.0. The molecule has 0 aliphatic heterocycles. The zero-order valence-electron chi connectivity index (χ0n) is 10.6. The van der Waals surface area contributed by atoms with Crippen molar-refractivity contribution in [1.82, 2.24) is 10.6 Å². The molecule has 2 N–H and O–H groups in total. The molecule has 0 aromatic heterocycles. The van der Waals surface area contributed by atoms with Crippen LogP contribution in [0.5, 0.6) is 0 Å². The van der Waals surface area contributed by atoms with Crippen LogP contribution in [0.2, 0.25) is 0 Å². The fourth-order valence-corrected chi connectivity index (χ4v) is 2.15. The highest BCUT2D eigenvalue weighted by atomic mass is 19.1. The van der Waals surface area contributed by atoms with Crippen molar-refractivity contribution in [3.05, 3.63) is 35.6 Å². The van der Waals surface area contributed by atoms with Crippen LogP contribution < -0.4 is 10.6 Å². The third-order valence-corrected chi connectivity index (χ3v) is 3.28. The molecule has 1 amide bonds. The van der Waals surface area contributed by atoms with Gasteiger partial charge in [0.25, 0.3) is 0 Å². The van der Waals surface area contributed by atoms with Gasteiger partial charge in [0.2, 0.25) is 5.91 Å². The molecule has 0 saturated heterocycles. The average molecular weight is 250 g/mol. The van der Waals surface area contributed by atoms with Crippen molar-refractivity contribution in [2.45, 2.75) is 19.3 Å². The molecule has 1 aliphatic carbocycles. The largest absolute Gasteiger partial charge is 0.355 e. The lowest BCUT2D eigenvalue weighted by atomic mass is 10.1. The SMILES string of the molecule is CCNCCNC(=O)C1CC1c1ccc(F)cc1. The zero-order valence-corrected chi connectivity index (χ0v) is 10.6. The molecule has 0 radical (unpaired) electrons. The average Bonchev–Trinajstić information content (AvgIpc) is 3.15. The number of benzene rings is 1. The van der Waals surface area contributed by atoms with Gasteiger partial charge in [0.15, 0.2) is 0 Å². The quantitative estimate of drug-likeness (QED) is 0.754. The van der Waals surface area contributed by atoms with E-state index >= 15 is 0 Å². The van der Waals surface area contributed by atoms with Gasteiger partial charge in [-0.05, 0) is 36.6 Å². The summed E-state index contributed by atoms with van der Waals surface area (Å²) in [6, 6.07) is 6.44. The Morgan fingerprint density at radius 3 is 2.72 bits per heavy atom. The lowest BCUT2D eigenvalue weighted by molar-refractivity contribution is -0.122. The van der Waals surface area contributed by atoms with Crippen LogP contribution in [0.15, 0.2) is 24.3 Å². The van der Waals surface area contributed by atoms with Gasteiger partial charge in [-0.2, -0.15) is 0 Å². The summed E-state index contributed by atoms with van der Waals surface area (Å²) in [5.41, 5.74) is 1.06. The maximum atomic E-state index is 12.8. The minimum atomic E-state index is -0.231. The van der Waals surface area contributed by atoms with Crippen molar-refractivity contribution < 1.29 is 9.18 Å². The van der Waals surface area contributed by atoms with Gasteiger partial charge >= 0.3 is 0 Å². The minimum Gasteiger partial charge on any atom is -0.355 e. The third-order valence-electron chi connectivity index (χ3n) is 3.28. The Bertz CT molecular complexity index is 405. The van der Waals surface area contributed by atoms with Crippen molar-refractivity contribution >= 4 is 5.91 Å². The molecule has 1 fully saturated rings. The van der Waals surface area contributed by atoms with Gasteiger partial charge in [-0.15, -0.1) is 0 Å². The topological polar surface area (TPSA) is 41.1 Å². The molecule has 1 aromatic carbocycles. The molecule has 4 heteroatoms. The highest BCUT2D eigenvalue weighted by Crippen LogP contribution is 2.47. The third kappa shape index (κ3) is 3.29. The fourth-order valence-electron chi connectivity index (χ4n) is 2.15. The molecule has 0 bridgehead atoms. The summed E-state index contributed by atoms with van der Waals surface area (Å²) in [6.07, 6.45) is 0.874. The second kappa shape index (κ2) is 5.96. The van der Waals surface area contributed by atoms with Crippen LogP contribution in [0.3, 0.4) is 0 Å². The molecule has 3 nitrogen and oxygen atoms in total. The summed E-state index contributed by atoms with van der Waals surface area (Å²) < 4.78 is 12.8. The molecule has 98 valence electrons. The van der Waals surface area contributed by atoms with Crippen molar-refractivity contribution in [2.75, 3.05) is 19.6 Å². The van der Waals surface area contributed by atoms with E-state index in [0.717, 1.165) is 25.1 Å². The number of likely N-dealkylation sites (N-methyl/N-ethyl adjacent to an activating group) is 1. The van der Waals surface area contributed by atoms with E-state index in [1.807, 2.05) is 6.92 Å². The van der Waals surface area contributed by atoms with E-state index in [9.17, 15) is 9.18 Å². The van der Waals surface area contributed by atoms with E-state index in [1.54, 1.807) is 12.1 Å². The molecule has 2 atom stereocenters. The number of halogens is 1. The van der Waals surface area contributed by atoms with E-state index in [2.05, 4.69) is 10.6 Å². The molecule has 2 unspecified atom stereocenters. The number of hydrogen-bond donors (Lipinski definition) is 2. The summed E-state index contributed by atoms with van der Waals surface area (Å²) in [5, 5.41) is 6.07. The number of nitrogens with one attached hydrogen (secondary N) is 2. The lowest BCUT2D eigenvalue weighted by Gasteiger charge is -2.05. The first-order valence-corrected chi connectivity index (χ1v) is 6.46. The Labute approximate surface area is 107 Å². The number of amides is 1. The van der Waals surface area contributed by atoms with Crippen molar-refractivity contribution in [3.8, 4) is 0 Å². The van der Waals surface area contributed by atoms with Gasteiger partial charge in [-0.1, -0.05) is 19.1 Å². The van der Waals surface area contributed by atoms with Crippen LogP contribution in [0.1, 0.15) is 24.8 Å². The van der Waals surface area contributed by atoms with Crippen LogP contribution in [0, 0.1) is 11.7 Å². The fraction of sp³-hybridized carbons (Fsp3) is 0.500. The maximum absolute atomic E-state index is 12.8. The molecule has 0 spiro atoms. The first-order valence-electron chi connectivity index (χ1n) is 6.46. The monoisotopic (exact) mass is 250 g/mol. The summed E-state index contributed by atoms with van der Waals surface area (Å²) in [6.45, 7) is 4.42. The predicted octanol–water partition coefficient (Wildman–Crippen LogP) is 1.65. The van der Waals surface area contributed by atoms with Gasteiger partial charge in [0.05, 0.1) is 0 Å². The van der Waals surface area contributed by atoms with E-state index in [4.69, 9.17) is 0 Å². The smallest absolute Gasteiger partial charge is 0.223 e.